The molecule has 1 aliphatic heterocycles. The summed E-state index contributed by atoms with van der Waals surface area (Å²) < 4.78 is 51.8. The molecule has 3 N–H and O–H groups in total. The molecule has 1 saturated heterocycles. The van der Waals surface area contributed by atoms with Crippen molar-refractivity contribution in [2.45, 2.75) is 104 Å². The molecular weight excluding hydrogens is 743 g/mol. The SMILES string of the molecule is CCC(CC)COC(=O)[C@H](C)NP(=O)(OC[C@H]1O[C@@](C#N)(c2ccc3c(N)ncnn23)[C@H](OC(C)=O)[C@@H]1OC(C)=O)Oc1ccc(C(C)(C)C)c2ccccc12. The fraction of sp³-hybridized carbons (Fsp3) is 0.487. The molecule has 2 aromatic heterocycles. The van der Waals surface area contributed by atoms with Gasteiger partial charge in [-0.2, -0.15) is 15.4 Å². The van der Waals surface area contributed by atoms with E-state index in [1.54, 1.807) is 12.1 Å². The molecule has 5 rings (SSSR count). The molecule has 56 heavy (non-hydrogen) atoms. The zero-order valence-electron chi connectivity index (χ0n) is 32.8. The van der Waals surface area contributed by atoms with Crippen molar-refractivity contribution in [3.05, 3.63) is 66.1 Å². The van der Waals surface area contributed by atoms with Crippen molar-refractivity contribution in [3.8, 4) is 11.8 Å². The molecular formula is C39H49N6O10P. The third-order valence-electron chi connectivity index (χ3n) is 9.67. The Balaban J connectivity index is 1.55. The van der Waals surface area contributed by atoms with Gasteiger partial charge < -0.3 is 29.2 Å². The van der Waals surface area contributed by atoms with Gasteiger partial charge in [-0.05, 0) is 47.4 Å². The van der Waals surface area contributed by atoms with Crippen LogP contribution in [0.1, 0.15) is 79.5 Å². The number of esters is 3. The molecule has 6 atom stereocenters. The molecule has 0 amide bonds. The van der Waals surface area contributed by atoms with Crippen LogP contribution in [0.4, 0.5) is 5.82 Å². The first kappa shape index (κ1) is 42.1. The van der Waals surface area contributed by atoms with E-state index in [0.717, 1.165) is 37.6 Å². The number of hydrogen-bond acceptors (Lipinski definition) is 14. The zero-order chi connectivity index (χ0) is 41.0. The average molecular weight is 793 g/mol. The van der Waals surface area contributed by atoms with E-state index in [-0.39, 0.29) is 35.2 Å². The number of aromatic nitrogens is 3. The summed E-state index contributed by atoms with van der Waals surface area (Å²) in [4.78, 5) is 42.3. The fourth-order valence-electron chi connectivity index (χ4n) is 6.71. The molecule has 1 fully saturated rings. The van der Waals surface area contributed by atoms with E-state index in [1.807, 2.05) is 44.2 Å². The molecule has 1 unspecified atom stereocenters. The van der Waals surface area contributed by atoms with Crippen molar-refractivity contribution in [3.63, 3.8) is 0 Å². The van der Waals surface area contributed by atoms with Crippen LogP contribution in [0.3, 0.4) is 0 Å². The number of anilines is 1. The Kier molecular flexibility index (Phi) is 12.8. The van der Waals surface area contributed by atoms with Crippen LogP contribution in [0, 0.1) is 17.2 Å². The normalized spacial score (nSPS) is 21.3. The largest absolute Gasteiger partial charge is 0.464 e. The predicted octanol–water partition coefficient (Wildman–Crippen LogP) is 5.90. The minimum absolute atomic E-state index is 0.0757. The Bertz CT molecular complexity index is 2180. The molecule has 0 saturated carbocycles. The first-order valence-corrected chi connectivity index (χ1v) is 19.9. The minimum Gasteiger partial charge on any atom is -0.464 e. The van der Waals surface area contributed by atoms with Crippen molar-refractivity contribution < 1.29 is 46.9 Å². The third-order valence-corrected chi connectivity index (χ3v) is 11.3. The van der Waals surface area contributed by atoms with Crippen molar-refractivity contribution >= 4 is 47.8 Å². The highest BCUT2D eigenvalue weighted by atomic mass is 31.2. The molecule has 2 aromatic carbocycles. The molecule has 16 nitrogen and oxygen atoms in total. The Hall–Kier alpha value is -5.07. The number of carbonyl (C=O) groups is 3. The molecule has 0 aliphatic carbocycles. The van der Waals surface area contributed by atoms with Gasteiger partial charge in [-0.3, -0.25) is 18.9 Å². The lowest BCUT2D eigenvalue weighted by Crippen LogP contribution is -2.45. The van der Waals surface area contributed by atoms with Gasteiger partial charge in [0.05, 0.1) is 18.9 Å². The molecule has 0 radical (unpaired) electrons. The van der Waals surface area contributed by atoms with Gasteiger partial charge in [-0.1, -0.05) is 77.8 Å². The Morgan fingerprint density at radius 2 is 1.73 bits per heavy atom. The second-order valence-corrected chi connectivity index (χ2v) is 16.4. The lowest BCUT2D eigenvalue weighted by Gasteiger charge is -2.28. The van der Waals surface area contributed by atoms with E-state index in [1.165, 1.54) is 23.8 Å². The molecule has 1 aliphatic rings. The Morgan fingerprint density at radius 3 is 2.36 bits per heavy atom. The second-order valence-electron chi connectivity index (χ2n) is 14.7. The third kappa shape index (κ3) is 8.81. The zero-order valence-corrected chi connectivity index (χ0v) is 33.7. The highest BCUT2D eigenvalue weighted by Gasteiger charge is 2.62. The first-order chi connectivity index (χ1) is 26.5. The number of hydrogen-bond donors (Lipinski definition) is 2. The molecule has 4 aromatic rings. The summed E-state index contributed by atoms with van der Waals surface area (Å²) in [5.41, 5.74) is 5.07. The van der Waals surface area contributed by atoms with Crippen molar-refractivity contribution in [2.24, 2.45) is 5.92 Å². The quantitative estimate of drug-likeness (QED) is 0.0814. The molecule has 3 heterocycles. The first-order valence-electron chi connectivity index (χ1n) is 18.4. The van der Waals surface area contributed by atoms with Gasteiger partial charge in [0, 0.05) is 19.2 Å². The highest BCUT2D eigenvalue weighted by molar-refractivity contribution is 7.52. The van der Waals surface area contributed by atoms with Gasteiger partial charge in [0.1, 0.15) is 35.8 Å². The van der Waals surface area contributed by atoms with Gasteiger partial charge in [0.2, 0.25) is 5.60 Å². The van der Waals surface area contributed by atoms with Gasteiger partial charge >= 0.3 is 25.7 Å². The summed E-state index contributed by atoms with van der Waals surface area (Å²) in [5.74, 6) is -1.87. The van der Waals surface area contributed by atoms with Gasteiger partial charge in [0.15, 0.2) is 18.0 Å². The molecule has 300 valence electrons. The van der Waals surface area contributed by atoms with Crippen LogP contribution in [-0.4, -0.2) is 70.1 Å². The maximum atomic E-state index is 15.0. The summed E-state index contributed by atoms with van der Waals surface area (Å²) >= 11 is 0. The molecule has 17 heteroatoms. The number of carbonyl (C=O) groups excluding carboxylic acids is 3. The summed E-state index contributed by atoms with van der Waals surface area (Å²) in [6.07, 6.45) is -1.66. The van der Waals surface area contributed by atoms with E-state index in [2.05, 4.69) is 42.0 Å². The lowest BCUT2D eigenvalue weighted by molar-refractivity contribution is -0.166. The smallest absolute Gasteiger partial charge is 0.459 e. The maximum Gasteiger partial charge on any atom is 0.459 e. The Morgan fingerprint density at radius 1 is 1.05 bits per heavy atom. The summed E-state index contributed by atoms with van der Waals surface area (Å²) in [5, 5.41) is 19.2. The summed E-state index contributed by atoms with van der Waals surface area (Å²) in [7, 11) is -4.59. The highest BCUT2D eigenvalue weighted by Crippen LogP contribution is 2.50. The predicted molar refractivity (Wildman–Crippen MR) is 205 cm³/mol. The fourth-order valence-corrected chi connectivity index (χ4v) is 8.23. The second kappa shape index (κ2) is 17.0. The van der Waals surface area contributed by atoms with Crippen LogP contribution in [0.25, 0.3) is 16.3 Å². The number of nitriles is 1. The lowest BCUT2D eigenvalue weighted by atomic mass is 9.83. The van der Waals surface area contributed by atoms with Crippen LogP contribution in [0.15, 0.2) is 54.9 Å². The van der Waals surface area contributed by atoms with Crippen LogP contribution < -0.4 is 15.3 Å². The van der Waals surface area contributed by atoms with Crippen molar-refractivity contribution in [1.82, 2.24) is 19.7 Å². The van der Waals surface area contributed by atoms with Crippen LogP contribution in [0.2, 0.25) is 0 Å². The number of nitrogen functional groups attached to an aromatic ring is 1. The number of nitrogens with two attached hydrogens (primary N) is 1. The molecule has 0 spiro atoms. The number of ether oxygens (including phenoxy) is 4. The van der Waals surface area contributed by atoms with Gasteiger partial charge in [0.25, 0.3) is 0 Å². The topological polar surface area (TPSA) is 216 Å². The van der Waals surface area contributed by atoms with Gasteiger partial charge in [-0.15, -0.1) is 0 Å². The van der Waals surface area contributed by atoms with E-state index in [0.29, 0.717) is 10.9 Å². The number of rotatable bonds is 15. The Labute approximate surface area is 325 Å². The standard InChI is InChI=1S/C39H49N6O10P/c1-9-26(10-2)19-50-37(48)23(3)44-56(49,55-31-17-15-29(38(6,7)8)27-13-11-12-14-28(27)31)51-20-32-34(52-24(4)46)35(53-25(5)47)39(21-40,54-32)33-18-16-30-36(41)42-22-43-45(30)33/h11-18,22-23,26,32,34-35H,9-10,19-20H2,1-8H3,(H,44,49)(H2,41,42,43)/t23-,32+,34+,35+,39-,56?/m0/s1. The number of fused-ring (bicyclic) bond motifs is 2. The van der Waals surface area contributed by atoms with Crippen LogP contribution in [0.5, 0.6) is 5.75 Å². The van der Waals surface area contributed by atoms with E-state index < -0.39 is 62.2 Å². The van der Waals surface area contributed by atoms with Gasteiger partial charge in [-0.25, -0.2) is 14.1 Å². The maximum absolute atomic E-state index is 15.0. The summed E-state index contributed by atoms with van der Waals surface area (Å²) in [6.45, 7) is 13.4. The minimum atomic E-state index is -4.59. The van der Waals surface area contributed by atoms with Crippen LogP contribution >= 0.6 is 7.75 Å². The van der Waals surface area contributed by atoms with E-state index >= 15 is 0 Å². The van der Waals surface area contributed by atoms with E-state index in [9.17, 15) is 24.2 Å². The number of nitrogens with one attached hydrogen (secondary N) is 1. The summed E-state index contributed by atoms with van der Waals surface area (Å²) in [6, 6.07) is 14.9. The molecule has 0 bridgehead atoms. The van der Waals surface area contributed by atoms with Crippen molar-refractivity contribution in [1.29, 1.82) is 5.26 Å². The average Bonchev–Trinajstić information content (AvgIpc) is 3.70. The number of benzene rings is 2. The van der Waals surface area contributed by atoms with Crippen molar-refractivity contribution in [2.75, 3.05) is 18.9 Å². The number of nitrogens with zero attached hydrogens (tertiary/aromatic N) is 4. The van der Waals surface area contributed by atoms with Crippen LogP contribution in [-0.2, 0) is 53.4 Å². The monoisotopic (exact) mass is 792 g/mol. The van der Waals surface area contributed by atoms with E-state index in [4.69, 9.17) is 33.7 Å².